The third kappa shape index (κ3) is 9.18. The Labute approximate surface area is 345 Å². The molecule has 0 spiro atoms. The predicted octanol–water partition coefficient (Wildman–Crippen LogP) is 12.0. The molecule has 6 rings (SSSR count). The summed E-state index contributed by atoms with van der Waals surface area (Å²) >= 11 is 0. The van der Waals surface area contributed by atoms with Crippen molar-refractivity contribution in [2.45, 2.75) is 136 Å². The van der Waals surface area contributed by atoms with E-state index in [1.54, 1.807) is 20.4 Å². The summed E-state index contributed by atoms with van der Waals surface area (Å²) in [5.41, 5.74) is 11.0. The largest absolute Gasteiger partial charge is 0.380 e. The van der Waals surface area contributed by atoms with Crippen molar-refractivity contribution < 1.29 is 9.47 Å². The van der Waals surface area contributed by atoms with E-state index in [1.807, 2.05) is 36.8 Å². The van der Waals surface area contributed by atoms with Crippen LogP contribution in [0.1, 0.15) is 99.8 Å². The van der Waals surface area contributed by atoms with Crippen molar-refractivity contribution in [2.75, 3.05) is 28.3 Å². The maximum Gasteiger partial charge on any atom is 0.171 e. The van der Waals surface area contributed by atoms with E-state index in [0.717, 1.165) is 28.8 Å². The maximum atomic E-state index is 5.42. The standard InChI is InChI=1S/C19H33N3Si.C18H30N2OSi.C9H10N2O/c1-14(2)23(15(3)4,16(5)6)22-13-17(12-21(7)8)18-10-9-11-20-19(18)22;1-13(2)22(14(3)4,15(5)6)20-11-16(12-21-7)17-9-8-10-19-18(17)20;1-12-6-7-5-11-9-8(7)3-2-4-10-9/h9-11,13-16H,12H2,1-8H3;8-11,13-15H,12H2,1-7H3;2-5H,6H2,1H3,(H,10,11). The first-order valence-electron chi connectivity index (χ1n) is 21.0. The first-order valence-corrected chi connectivity index (χ1v) is 25.3. The molecule has 0 fully saturated rings. The fourth-order valence-electron chi connectivity index (χ4n) is 10.5. The van der Waals surface area contributed by atoms with E-state index in [0.29, 0.717) is 46.5 Å². The number of rotatable bonds is 14. The van der Waals surface area contributed by atoms with E-state index >= 15 is 0 Å². The highest BCUT2D eigenvalue weighted by atomic mass is 28.3. The van der Waals surface area contributed by atoms with Gasteiger partial charge in [0.05, 0.1) is 13.2 Å². The zero-order chi connectivity index (χ0) is 42.2. The Morgan fingerprint density at radius 2 is 0.947 bits per heavy atom. The molecule has 0 radical (unpaired) electrons. The van der Waals surface area contributed by atoms with Gasteiger partial charge in [-0.2, -0.15) is 0 Å². The lowest BCUT2D eigenvalue weighted by Gasteiger charge is -2.44. The topological polar surface area (TPSA) is 86.0 Å². The van der Waals surface area contributed by atoms with Crippen LogP contribution in [0.4, 0.5) is 0 Å². The number of hydrogen-bond donors (Lipinski definition) is 1. The highest BCUT2D eigenvalue weighted by molar-refractivity contribution is 6.83. The van der Waals surface area contributed by atoms with Gasteiger partial charge in [0.25, 0.3) is 0 Å². The molecule has 6 heterocycles. The SMILES string of the molecule is CC(C)[Si](C(C)C)(C(C)C)n1cc(CN(C)C)c2cccnc21.COCc1c[nH]c2ncccc12.COCc1cn([Si](C(C)C)(C(C)C)C(C)C)c2ncccc12. The summed E-state index contributed by atoms with van der Waals surface area (Å²) in [5.74, 6) is 0. The van der Waals surface area contributed by atoms with Crippen LogP contribution in [0, 0.1) is 0 Å². The molecular formula is C46H73N7O2Si2. The first kappa shape index (κ1) is 46.1. The second-order valence-electron chi connectivity index (χ2n) is 17.8. The molecule has 0 aliphatic heterocycles. The van der Waals surface area contributed by atoms with E-state index in [-0.39, 0.29) is 0 Å². The Morgan fingerprint density at radius 3 is 1.37 bits per heavy atom. The summed E-state index contributed by atoms with van der Waals surface area (Å²) in [6.45, 7) is 31.0. The second-order valence-corrected chi connectivity index (χ2v) is 29.3. The number of pyridine rings is 3. The maximum absolute atomic E-state index is 5.42. The Morgan fingerprint density at radius 1 is 0.561 bits per heavy atom. The lowest BCUT2D eigenvalue weighted by atomic mass is 10.2. The van der Waals surface area contributed by atoms with Crippen LogP contribution in [0.5, 0.6) is 0 Å². The number of nitrogens with zero attached hydrogens (tertiary/aromatic N) is 6. The van der Waals surface area contributed by atoms with Crippen molar-refractivity contribution in [1.29, 1.82) is 0 Å². The Bertz CT molecular complexity index is 2100. The summed E-state index contributed by atoms with van der Waals surface area (Å²) in [6, 6.07) is 12.5. The quantitative estimate of drug-likeness (QED) is 0.110. The molecule has 312 valence electrons. The Balaban J connectivity index is 0.000000198. The normalized spacial score (nSPS) is 12.6. The Hall–Kier alpha value is -3.62. The third-order valence-electron chi connectivity index (χ3n) is 12.3. The van der Waals surface area contributed by atoms with E-state index in [2.05, 4.69) is 151 Å². The number of methoxy groups -OCH3 is 2. The highest BCUT2D eigenvalue weighted by Crippen LogP contribution is 2.46. The molecule has 0 aliphatic rings. The average molecular weight is 812 g/mol. The minimum Gasteiger partial charge on any atom is -0.380 e. The van der Waals surface area contributed by atoms with Gasteiger partial charge in [0.15, 0.2) is 16.5 Å². The van der Waals surface area contributed by atoms with Crippen LogP contribution >= 0.6 is 0 Å². The van der Waals surface area contributed by atoms with Gasteiger partial charge in [0, 0.05) is 85.2 Å². The van der Waals surface area contributed by atoms with E-state index in [9.17, 15) is 0 Å². The molecular weight excluding hydrogens is 739 g/mol. The molecule has 0 amide bonds. The van der Waals surface area contributed by atoms with E-state index < -0.39 is 16.5 Å². The van der Waals surface area contributed by atoms with Crippen molar-refractivity contribution in [3.8, 4) is 0 Å². The molecule has 0 unspecified atom stereocenters. The van der Waals surface area contributed by atoms with Crippen LogP contribution in [-0.2, 0) is 29.2 Å². The number of fused-ring (bicyclic) bond motifs is 3. The smallest absolute Gasteiger partial charge is 0.171 e. The second kappa shape index (κ2) is 19.9. The molecule has 0 aromatic carbocycles. The molecule has 6 aromatic rings. The molecule has 1 N–H and O–H groups in total. The summed E-state index contributed by atoms with van der Waals surface area (Å²) in [7, 11) is 4.18. The number of aromatic nitrogens is 6. The summed E-state index contributed by atoms with van der Waals surface area (Å²) in [5, 5.41) is 3.70. The third-order valence-corrected chi connectivity index (χ3v) is 25.7. The van der Waals surface area contributed by atoms with Crippen LogP contribution in [-0.4, -0.2) is 78.1 Å². The zero-order valence-corrected chi connectivity index (χ0v) is 40.0. The summed E-state index contributed by atoms with van der Waals surface area (Å²) < 4.78 is 15.7. The molecule has 0 saturated carbocycles. The molecule has 0 aliphatic carbocycles. The minimum atomic E-state index is -1.78. The van der Waals surface area contributed by atoms with Crippen LogP contribution in [0.3, 0.4) is 0 Å². The van der Waals surface area contributed by atoms with Gasteiger partial charge in [-0.05, 0) is 89.3 Å². The lowest BCUT2D eigenvalue weighted by Crippen LogP contribution is -2.51. The lowest BCUT2D eigenvalue weighted by molar-refractivity contribution is 0.186. The number of aromatic amines is 1. The predicted molar refractivity (Wildman–Crippen MR) is 247 cm³/mol. The van der Waals surface area contributed by atoms with Crippen LogP contribution in [0.25, 0.3) is 33.1 Å². The molecule has 9 nitrogen and oxygen atoms in total. The number of ether oxygens (including phenoxy) is 2. The van der Waals surface area contributed by atoms with Crippen molar-refractivity contribution in [3.05, 3.63) is 90.3 Å². The van der Waals surface area contributed by atoms with Gasteiger partial charge in [-0.3, -0.25) is 0 Å². The fourth-order valence-corrected chi connectivity index (χ4v) is 23.7. The van der Waals surface area contributed by atoms with Crippen LogP contribution in [0.2, 0.25) is 33.2 Å². The van der Waals surface area contributed by atoms with E-state index in [1.165, 1.54) is 27.5 Å². The van der Waals surface area contributed by atoms with Gasteiger partial charge < -0.3 is 27.8 Å². The molecule has 11 heteroatoms. The van der Waals surface area contributed by atoms with Crippen LogP contribution in [0.15, 0.2) is 73.6 Å². The van der Waals surface area contributed by atoms with Gasteiger partial charge in [-0.25, -0.2) is 15.0 Å². The number of nitrogens with one attached hydrogen (secondary N) is 1. The van der Waals surface area contributed by atoms with Crippen molar-refractivity contribution in [2.24, 2.45) is 0 Å². The monoisotopic (exact) mass is 812 g/mol. The van der Waals surface area contributed by atoms with Crippen LogP contribution < -0.4 is 0 Å². The zero-order valence-electron chi connectivity index (χ0n) is 38.0. The number of H-pyrrole nitrogens is 1. The first-order chi connectivity index (χ1) is 27.0. The summed E-state index contributed by atoms with van der Waals surface area (Å²) in [4.78, 5) is 19.0. The average Bonchev–Trinajstić information content (AvgIpc) is 3.83. The molecule has 0 saturated heterocycles. The van der Waals surface area contributed by atoms with Gasteiger partial charge in [0.2, 0.25) is 0 Å². The number of hydrogen-bond acceptors (Lipinski definition) is 6. The minimum absolute atomic E-state index is 0.631. The van der Waals surface area contributed by atoms with Gasteiger partial charge in [0.1, 0.15) is 16.9 Å². The summed E-state index contributed by atoms with van der Waals surface area (Å²) in [6.07, 6.45) is 12.3. The fraction of sp³-hybridized carbons (Fsp3) is 0.543. The molecule has 0 atom stereocenters. The van der Waals surface area contributed by atoms with Crippen molar-refractivity contribution in [1.82, 2.24) is 33.3 Å². The van der Waals surface area contributed by atoms with Crippen molar-refractivity contribution in [3.63, 3.8) is 0 Å². The van der Waals surface area contributed by atoms with E-state index in [4.69, 9.17) is 19.4 Å². The van der Waals surface area contributed by atoms with Gasteiger partial charge in [-0.15, -0.1) is 0 Å². The Kier molecular flexibility index (Phi) is 16.1. The van der Waals surface area contributed by atoms with Gasteiger partial charge in [-0.1, -0.05) is 83.1 Å². The highest BCUT2D eigenvalue weighted by Gasteiger charge is 2.47. The molecule has 6 aromatic heterocycles. The van der Waals surface area contributed by atoms with Crippen molar-refractivity contribution >= 4 is 49.6 Å². The molecule has 57 heavy (non-hydrogen) atoms. The molecule has 0 bridgehead atoms. The van der Waals surface area contributed by atoms with Gasteiger partial charge >= 0.3 is 0 Å².